The van der Waals surface area contributed by atoms with E-state index < -0.39 is 10.0 Å². The average Bonchev–Trinajstić information content (AvgIpc) is 3.26. The smallest absolute Gasteiger partial charge is 0.257 e. The molecule has 6 nitrogen and oxygen atoms in total. The zero-order chi connectivity index (χ0) is 20.1. The summed E-state index contributed by atoms with van der Waals surface area (Å²) in [6.07, 6.45) is 1.93. The summed E-state index contributed by atoms with van der Waals surface area (Å²) < 4.78 is 33.5. The maximum atomic E-state index is 12.8. The van der Waals surface area contributed by atoms with Crippen molar-refractivity contribution in [2.24, 2.45) is 0 Å². The fourth-order valence-corrected chi connectivity index (χ4v) is 4.49. The molecule has 1 aliphatic rings. The Balaban J connectivity index is 1.79. The SMILES string of the molecule is COc1ccc(S(=O)(=O)NC[C@@H](C)c2ccccc2)cc1C(=O)N1CCCC1. The van der Waals surface area contributed by atoms with Crippen molar-refractivity contribution in [2.75, 3.05) is 26.7 Å². The molecule has 1 N–H and O–H groups in total. The lowest BCUT2D eigenvalue weighted by molar-refractivity contribution is 0.0789. The van der Waals surface area contributed by atoms with Crippen LogP contribution >= 0.6 is 0 Å². The van der Waals surface area contributed by atoms with Crippen LogP contribution in [0.1, 0.15) is 41.6 Å². The molecule has 1 aliphatic heterocycles. The summed E-state index contributed by atoms with van der Waals surface area (Å²) in [5, 5.41) is 0. The van der Waals surface area contributed by atoms with Gasteiger partial charge < -0.3 is 9.64 Å². The molecule has 2 aromatic rings. The molecule has 28 heavy (non-hydrogen) atoms. The number of sulfonamides is 1. The molecule has 0 aromatic heterocycles. The van der Waals surface area contributed by atoms with Crippen LogP contribution in [0.5, 0.6) is 5.75 Å². The minimum absolute atomic E-state index is 0.0277. The summed E-state index contributed by atoms with van der Waals surface area (Å²) in [5.41, 5.74) is 1.34. The number of carbonyl (C=O) groups excluding carboxylic acids is 1. The van der Waals surface area contributed by atoms with E-state index in [1.807, 2.05) is 37.3 Å². The number of likely N-dealkylation sites (tertiary alicyclic amines) is 1. The zero-order valence-corrected chi connectivity index (χ0v) is 17.0. The lowest BCUT2D eigenvalue weighted by atomic mass is 10.0. The summed E-state index contributed by atoms with van der Waals surface area (Å²) in [6.45, 7) is 3.61. The number of amides is 1. The molecule has 0 unspecified atom stereocenters. The molecule has 0 bridgehead atoms. The standard InChI is InChI=1S/C21H26N2O4S/c1-16(17-8-4-3-5-9-17)15-22-28(25,26)18-10-11-20(27-2)19(14-18)21(24)23-12-6-7-13-23/h3-5,8-11,14,16,22H,6-7,12-13,15H2,1-2H3/t16-/m1/s1. The Kier molecular flexibility index (Phi) is 6.36. The van der Waals surface area contributed by atoms with Gasteiger partial charge in [0.05, 0.1) is 17.6 Å². The highest BCUT2D eigenvalue weighted by Crippen LogP contribution is 2.25. The third kappa shape index (κ3) is 4.54. The van der Waals surface area contributed by atoms with Crippen LogP contribution in [0.4, 0.5) is 0 Å². The predicted octanol–water partition coefficient (Wildman–Crippen LogP) is 3.01. The van der Waals surface area contributed by atoms with Crippen LogP contribution in [0.2, 0.25) is 0 Å². The topological polar surface area (TPSA) is 75.7 Å². The Morgan fingerprint density at radius 3 is 2.46 bits per heavy atom. The van der Waals surface area contributed by atoms with Crippen LogP contribution in [-0.2, 0) is 10.0 Å². The molecular weight excluding hydrogens is 376 g/mol. The number of nitrogens with zero attached hydrogens (tertiary/aromatic N) is 1. The molecule has 1 amide bonds. The third-order valence-corrected chi connectivity index (χ3v) is 6.47. The van der Waals surface area contributed by atoms with Gasteiger partial charge in [-0.1, -0.05) is 37.3 Å². The second-order valence-electron chi connectivity index (χ2n) is 7.03. The van der Waals surface area contributed by atoms with Crippen LogP contribution in [0.25, 0.3) is 0 Å². The molecular formula is C21H26N2O4S. The van der Waals surface area contributed by atoms with Crippen molar-refractivity contribution < 1.29 is 17.9 Å². The molecule has 1 heterocycles. The molecule has 1 fully saturated rings. The van der Waals surface area contributed by atoms with Gasteiger partial charge in [0.25, 0.3) is 5.91 Å². The Morgan fingerprint density at radius 1 is 1.14 bits per heavy atom. The number of rotatable bonds is 7. The summed E-state index contributed by atoms with van der Waals surface area (Å²) >= 11 is 0. The first-order chi connectivity index (χ1) is 13.4. The maximum Gasteiger partial charge on any atom is 0.257 e. The highest BCUT2D eigenvalue weighted by Gasteiger charge is 2.25. The van der Waals surface area contributed by atoms with Crippen molar-refractivity contribution in [2.45, 2.75) is 30.6 Å². The molecule has 2 aromatic carbocycles. The zero-order valence-electron chi connectivity index (χ0n) is 16.2. The lowest BCUT2D eigenvalue weighted by Gasteiger charge is -2.18. The van der Waals surface area contributed by atoms with Gasteiger partial charge in [0, 0.05) is 19.6 Å². The van der Waals surface area contributed by atoms with Gasteiger partial charge in [0.15, 0.2) is 0 Å². The number of benzene rings is 2. The van der Waals surface area contributed by atoms with Crippen LogP contribution < -0.4 is 9.46 Å². The first kappa shape index (κ1) is 20.4. The maximum absolute atomic E-state index is 12.8. The minimum Gasteiger partial charge on any atom is -0.496 e. The van der Waals surface area contributed by atoms with E-state index in [1.54, 1.807) is 11.0 Å². The first-order valence-corrected chi connectivity index (χ1v) is 10.9. The summed E-state index contributed by atoms with van der Waals surface area (Å²) in [4.78, 5) is 14.6. The summed E-state index contributed by atoms with van der Waals surface area (Å²) in [5.74, 6) is 0.220. The van der Waals surface area contributed by atoms with E-state index in [9.17, 15) is 13.2 Å². The van der Waals surface area contributed by atoms with Crippen molar-refractivity contribution in [1.82, 2.24) is 9.62 Å². The van der Waals surface area contributed by atoms with Gasteiger partial charge in [0.2, 0.25) is 10.0 Å². The molecule has 0 saturated carbocycles. The highest BCUT2D eigenvalue weighted by molar-refractivity contribution is 7.89. The van der Waals surface area contributed by atoms with Crippen molar-refractivity contribution >= 4 is 15.9 Å². The van der Waals surface area contributed by atoms with Gasteiger partial charge in [-0.15, -0.1) is 0 Å². The van der Waals surface area contributed by atoms with Crippen molar-refractivity contribution in [3.63, 3.8) is 0 Å². The molecule has 0 radical (unpaired) electrons. The van der Waals surface area contributed by atoms with Gasteiger partial charge in [-0.3, -0.25) is 4.79 Å². The van der Waals surface area contributed by atoms with Crippen molar-refractivity contribution in [1.29, 1.82) is 0 Å². The lowest BCUT2D eigenvalue weighted by Crippen LogP contribution is -2.30. The van der Waals surface area contributed by atoms with Crippen LogP contribution in [0.3, 0.4) is 0 Å². The van der Waals surface area contributed by atoms with E-state index in [0.29, 0.717) is 18.8 Å². The van der Waals surface area contributed by atoms with Gasteiger partial charge in [-0.05, 0) is 42.5 Å². The quantitative estimate of drug-likeness (QED) is 0.772. The minimum atomic E-state index is -3.74. The molecule has 1 atom stereocenters. The third-order valence-electron chi connectivity index (χ3n) is 5.05. The van der Waals surface area contributed by atoms with E-state index in [4.69, 9.17) is 4.74 Å². The fraction of sp³-hybridized carbons (Fsp3) is 0.381. The Labute approximate surface area is 166 Å². The van der Waals surface area contributed by atoms with E-state index in [1.165, 1.54) is 19.2 Å². The molecule has 0 spiro atoms. The molecule has 7 heteroatoms. The van der Waals surface area contributed by atoms with Gasteiger partial charge in [0.1, 0.15) is 5.75 Å². The van der Waals surface area contributed by atoms with Crippen molar-refractivity contribution in [3.8, 4) is 5.75 Å². The van der Waals surface area contributed by atoms with Crippen LogP contribution in [-0.4, -0.2) is 46.0 Å². The summed E-state index contributed by atoms with van der Waals surface area (Å²) in [6, 6.07) is 14.2. The Bertz CT molecular complexity index is 923. The van der Waals surface area contributed by atoms with Gasteiger partial charge >= 0.3 is 0 Å². The van der Waals surface area contributed by atoms with Gasteiger partial charge in [-0.2, -0.15) is 0 Å². The van der Waals surface area contributed by atoms with E-state index in [2.05, 4.69) is 4.72 Å². The monoisotopic (exact) mass is 402 g/mol. The number of methoxy groups -OCH3 is 1. The first-order valence-electron chi connectivity index (χ1n) is 9.44. The number of hydrogen-bond donors (Lipinski definition) is 1. The predicted molar refractivity (Wildman–Crippen MR) is 108 cm³/mol. The average molecular weight is 403 g/mol. The fourth-order valence-electron chi connectivity index (χ4n) is 3.33. The molecule has 150 valence electrons. The van der Waals surface area contributed by atoms with E-state index >= 15 is 0 Å². The van der Waals surface area contributed by atoms with E-state index in [-0.39, 0.29) is 28.8 Å². The number of hydrogen-bond acceptors (Lipinski definition) is 4. The Hall–Kier alpha value is -2.38. The molecule has 3 rings (SSSR count). The number of ether oxygens (including phenoxy) is 1. The summed E-state index contributed by atoms with van der Waals surface area (Å²) in [7, 11) is -2.27. The normalized spacial score (nSPS) is 15.4. The van der Waals surface area contributed by atoms with Gasteiger partial charge in [-0.25, -0.2) is 13.1 Å². The second kappa shape index (κ2) is 8.75. The number of carbonyl (C=O) groups is 1. The largest absolute Gasteiger partial charge is 0.496 e. The second-order valence-corrected chi connectivity index (χ2v) is 8.79. The Morgan fingerprint density at radius 2 is 1.82 bits per heavy atom. The van der Waals surface area contributed by atoms with Crippen molar-refractivity contribution in [3.05, 3.63) is 59.7 Å². The molecule has 1 saturated heterocycles. The highest BCUT2D eigenvalue weighted by atomic mass is 32.2. The molecule has 0 aliphatic carbocycles. The van der Waals surface area contributed by atoms with E-state index in [0.717, 1.165) is 18.4 Å². The number of nitrogens with one attached hydrogen (secondary N) is 1. The van der Waals surface area contributed by atoms with Crippen LogP contribution in [0, 0.1) is 0 Å². The van der Waals surface area contributed by atoms with Crippen LogP contribution in [0.15, 0.2) is 53.4 Å².